The van der Waals surface area contributed by atoms with E-state index < -0.39 is 32.9 Å². The second-order valence-electron chi connectivity index (χ2n) is 6.97. The highest BCUT2D eigenvalue weighted by Gasteiger charge is 2.24. The van der Waals surface area contributed by atoms with Crippen LogP contribution < -0.4 is 5.32 Å². The first-order valence-corrected chi connectivity index (χ1v) is 9.78. The normalized spacial score (nSPS) is 10.7. The minimum Gasteiger partial charge on any atom is -0.350 e. The largest absolute Gasteiger partial charge is 0.350 e. The van der Waals surface area contributed by atoms with Gasteiger partial charge < -0.3 is 10.3 Å². The number of hydrogen-bond donors (Lipinski definition) is 2. The third-order valence-corrected chi connectivity index (χ3v) is 5.08. The van der Waals surface area contributed by atoms with E-state index in [1.165, 1.54) is 0 Å². The number of hydrogen-bond acceptors (Lipinski definition) is 6. The summed E-state index contributed by atoms with van der Waals surface area (Å²) in [6.07, 6.45) is 0. The van der Waals surface area contributed by atoms with Crippen molar-refractivity contribution < 1.29 is 19.4 Å². The monoisotopic (exact) mass is 464 g/mol. The van der Waals surface area contributed by atoms with Crippen molar-refractivity contribution in [2.24, 2.45) is 0 Å². The van der Waals surface area contributed by atoms with E-state index in [2.05, 4.69) is 10.3 Å². The lowest BCUT2D eigenvalue weighted by Gasteiger charge is -2.08. The summed E-state index contributed by atoms with van der Waals surface area (Å²) in [7, 11) is 0. The summed E-state index contributed by atoms with van der Waals surface area (Å²) in [4.78, 5) is 49.7. The molecule has 1 heterocycles. The van der Waals surface area contributed by atoms with Gasteiger partial charge in [-0.2, -0.15) is 0 Å². The van der Waals surface area contributed by atoms with E-state index in [1.807, 2.05) is 0 Å². The predicted octanol–water partition coefficient (Wildman–Crippen LogP) is 5.12. The van der Waals surface area contributed by atoms with E-state index in [1.54, 1.807) is 48.5 Å². The number of halogens is 1. The van der Waals surface area contributed by atoms with E-state index in [-0.39, 0.29) is 16.9 Å². The number of nitrogens with one attached hydrogen (secondary N) is 2. The molecule has 164 valence electrons. The Kier molecular flexibility index (Phi) is 5.59. The highest BCUT2D eigenvalue weighted by Crippen LogP contribution is 2.32. The molecule has 0 saturated heterocycles. The number of aromatic amines is 1. The summed E-state index contributed by atoms with van der Waals surface area (Å²) in [6.45, 7) is 0. The van der Waals surface area contributed by atoms with Crippen LogP contribution in [-0.2, 0) is 0 Å². The number of aromatic nitrogens is 1. The molecule has 10 nitrogen and oxygen atoms in total. The standard InChI is InChI=1S/C22H13ClN4O6/c23-14-6-7-17-18(10-14)24-20(21(28)12-4-2-1-3-5-12)19(17)25-22(29)13-8-15(26(30)31)11-16(9-13)27(32)33/h1-11,24H,(H,25,29). The second kappa shape index (κ2) is 8.52. The van der Waals surface area contributed by atoms with Gasteiger partial charge in [0, 0.05) is 33.6 Å². The number of anilines is 1. The van der Waals surface area contributed by atoms with Crippen molar-refractivity contribution in [2.75, 3.05) is 5.32 Å². The number of H-pyrrole nitrogens is 1. The lowest BCUT2D eigenvalue weighted by Crippen LogP contribution is -2.15. The molecule has 4 aromatic rings. The minimum absolute atomic E-state index is 0.0618. The van der Waals surface area contributed by atoms with Crippen LogP contribution in [0.15, 0.2) is 66.7 Å². The molecule has 4 rings (SSSR count). The first kappa shape index (κ1) is 21.7. The fraction of sp³-hybridized carbons (Fsp3) is 0. The number of nitro groups is 2. The number of nitrogens with zero attached hydrogens (tertiary/aromatic N) is 2. The van der Waals surface area contributed by atoms with E-state index >= 15 is 0 Å². The van der Waals surface area contributed by atoms with Gasteiger partial charge in [0.15, 0.2) is 0 Å². The smallest absolute Gasteiger partial charge is 0.277 e. The maximum Gasteiger partial charge on any atom is 0.277 e. The number of amides is 1. The van der Waals surface area contributed by atoms with Gasteiger partial charge in [-0.1, -0.05) is 41.9 Å². The van der Waals surface area contributed by atoms with Crippen LogP contribution in [0.5, 0.6) is 0 Å². The Balaban J connectivity index is 1.82. The van der Waals surface area contributed by atoms with Crippen LogP contribution in [0.2, 0.25) is 5.02 Å². The molecule has 0 unspecified atom stereocenters. The van der Waals surface area contributed by atoms with Crippen molar-refractivity contribution in [2.45, 2.75) is 0 Å². The van der Waals surface area contributed by atoms with Gasteiger partial charge in [0.2, 0.25) is 5.78 Å². The molecule has 0 aliphatic heterocycles. The molecule has 11 heteroatoms. The number of nitro benzene ring substituents is 2. The molecular formula is C22H13ClN4O6. The summed E-state index contributed by atoms with van der Waals surface area (Å²) in [6, 6.07) is 15.7. The number of fused-ring (bicyclic) bond motifs is 1. The molecule has 1 aromatic heterocycles. The van der Waals surface area contributed by atoms with Gasteiger partial charge >= 0.3 is 0 Å². The fourth-order valence-electron chi connectivity index (χ4n) is 3.33. The molecule has 33 heavy (non-hydrogen) atoms. The lowest BCUT2D eigenvalue weighted by molar-refractivity contribution is -0.394. The van der Waals surface area contributed by atoms with Gasteiger partial charge in [0.25, 0.3) is 17.3 Å². The van der Waals surface area contributed by atoms with Crippen molar-refractivity contribution in [3.63, 3.8) is 0 Å². The van der Waals surface area contributed by atoms with Gasteiger partial charge in [0.1, 0.15) is 5.69 Å². The third-order valence-electron chi connectivity index (χ3n) is 4.85. The van der Waals surface area contributed by atoms with E-state index in [4.69, 9.17) is 11.6 Å². The highest BCUT2D eigenvalue weighted by molar-refractivity contribution is 6.31. The molecule has 0 fully saturated rings. The average molecular weight is 465 g/mol. The van der Waals surface area contributed by atoms with Crippen LogP contribution >= 0.6 is 11.6 Å². The summed E-state index contributed by atoms with van der Waals surface area (Å²) in [5.41, 5.74) is -0.515. The zero-order valence-electron chi connectivity index (χ0n) is 16.6. The Bertz CT molecular complexity index is 1420. The molecule has 0 aliphatic carbocycles. The Morgan fingerprint density at radius 2 is 1.48 bits per heavy atom. The number of non-ortho nitro benzene ring substituents is 2. The summed E-state index contributed by atoms with van der Waals surface area (Å²) in [5.74, 6) is -1.27. The van der Waals surface area contributed by atoms with Crippen molar-refractivity contribution in [1.82, 2.24) is 4.98 Å². The van der Waals surface area contributed by atoms with Crippen LogP contribution in [0.25, 0.3) is 10.9 Å². The van der Waals surface area contributed by atoms with Gasteiger partial charge in [-0.15, -0.1) is 0 Å². The number of carbonyl (C=O) groups excluding carboxylic acids is 2. The van der Waals surface area contributed by atoms with Crippen molar-refractivity contribution >= 4 is 51.3 Å². The van der Waals surface area contributed by atoms with Gasteiger partial charge in [-0.05, 0) is 18.2 Å². The van der Waals surface area contributed by atoms with Gasteiger partial charge in [-0.3, -0.25) is 29.8 Å². The zero-order valence-corrected chi connectivity index (χ0v) is 17.3. The molecule has 2 N–H and O–H groups in total. The third kappa shape index (κ3) is 4.27. The number of ketones is 1. The number of carbonyl (C=O) groups is 2. The maximum atomic E-state index is 13.1. The Labute approximate surface area is 190 Å². The first-order valence-electron chi connectivity index (χ1n) is 9.41. The molecule has 0 radical (unpaired) electrons. The first-order chi connectivity index (χ1) is 15.7. The molecule has 0 bridgehead atoms. The van der Waals surface area contributed by atoms with E-state index in [0.717, 1.165) is 18.2 Å². The topological polar surface area (TPSA) is 148 Å². The van der Waals surface area contributed by atoms with Crippen molar-refractivity contribution in [3.05, 3.63) is 109 Å². The quantitative estimate of drug-likeness (QED) is 0.230. The summed E-state index contributed by atoms with van der Waals surface area (Å²) >= 11 is 6.05. The van der Waals surface area contributed by atoms with E-state index in [9.17, 15) is 29.8 Å². The minimum atomic E-state index is -0.861. The fourth-order valence-corrected chi connectivity index (χ4v) is 3.50. The Morgan fingerprint density at radius 1 is 0.848 bits per heavy atom. The molecule has 0 saturated carbocycles. The molecule has 0 atom stereocenters. The Morgan fingerprint density at radius 3 is 2.09 bits per heavy atom. The summed E-state index contributed by atoms with van der Waals surface area (Å²) in [5, 5.41) is 25.8. The molecule has 3 aromatic carbocycles. The molecule has 0 aliphatic rings. The average Bonchev–Trinajstić information content (AvgIpc) is 3.15. The maximum absolute atomic E-state index is 13.1. The van der Waals surface area contributed by atoms with Crippen LogP contribution in [0.1, 0.15) is 26.4 Å². The molecule has 1 amide bonds. The number of rotatable bonds is 6. The molecule has 0 spiro atoms. The predicted molar refractivity (Wildman–Crippen MR) is 121 cm³/mol. The Hall–Kier alpha value is -4.57. The van der Waals surface area contributed by atoms with E-state index in [0.29, 0.717) is 21.5 Å². The highest BCUT2D eigenvalue weighted by atomic mass is 35.5. The lowest BCUT2D eigenvalue weighted by atomic mass is 10.1. The summed E-state index contributed by atoms with van der Waals surface area (Å²) < 4.78 is 0. The van der Waals surface area contributed by atoms with Crippen LogP contribution in [0, 0.1) is 20.2 Å². The van der Waals surface area contributed by atoms with Gasteiger partial charge in [-0.25, -0.2) is 0 Å². The van der Waals surface area contributed by atoms with Gasteiger partial charge in [0.05, 0.1) is 27.2 Å². The van der Waals surface area contributed by atoms with Crippen LogP contribution in [0.4, 0.5) is 17.1 Å². The second-order valence-corrected chi connectivity index (χ2v) is 7.40. The van der Waals surface area contributed by atoms with Crippen molar-refractivity contribution in [1.29, 1.82) is 0 Å². The number of benzene rings is 3. The van der Waals surface area contributed by atoms with Crippen LogP contribution in [0.3, 0.4) is 0 Å². The van der Waals surface area contributed by atoms with Crippen LogP contribution in [-0.4, -0.2) is 26.5 Å². The van der Waals surface area contributed by atoms with Crippen molar-refractivity contribution in [3.8, 4) is 0 Å². The SMILES string of the molecule is O=C(Nc1c(C(=O)c2ccccc2)[nH]c2cc(Cl)ccc12)c1cc([N+](=O)[O-])cc([N+](=O)[O-])c1. The molecular weight excluding hydrogens is 452 g/mol. The zero-order chi connectivity index (χ0) is 23.7.